The molecule has 0 spiro atoms. The molecule has 2 atom stereocenters. The van der Waals surface area contributed by atoms with E-state index in [2.05, 4.69) is 28.9 Å². The van der Waals surface area contributed by atoms with Crippen molar-refractivity contribution < 1.29 is 14.4 Å². The fraction of sp³-hybridized carbons (Fsp3) is 0.526. The zero-order valence-electron chi connectivity index (χ0n) is 14.9. The van der Waals surface area contributed by atoms with E-state index in [0.29, 0.717) is 18.5 Å². The lowest BCUT2D eigenvalue weighted by atomic mass is 10.0. The molecule has 0 aliphatic carbocycles. The normalized spacial score (nSPS) is 28.4. The number of piperidine rings is 1. The van der Waals surface area contributed by atoms with Gasteiger partial charge in [0.25, 0.3) is 5.91 Å². The summed E-state index contributed by atoms with van der Waals surface area (Å²) in [6.45, 7) is 5.38. The molecule has 138 valence electrons. The number of fused-ring (bicyclic) bond motifs is 1. The first-order chi connectivity index (χ1) is 12.5. The molecule has 3 heterocycles. The highest BCUT2D eigenvalue weighted by atomic mass is 16.2. The molecule has 0 saturated carbocycles. The minimum Gasteiger partial charge on any atom is -0.322 e. The molecule has 2 unspecified atom stereocenters. The molecule has 3 amide bonds. The van der Waals surface area contributed by atoms with Gasteiger partial charge in [0.1, 0.15) is 6.04 Å². The van der Waals surface area contributed by atoms with E-state index in [1.54, 1.807) is 4.90 Å². The Kier molecular flexibility index (Phi) is 4.28. The molecule has 2 fully saturated rings. The fourth-order valence-electron chi connectivity index (χ4n) is 4.02. The molecule has 3 N–H and O–H groups in total. The molecule has 0 radical (unpaired) electrons. The smallest absolute Gasteiger partial charge is 0.255 e. The summed E-state index contributed by atoms with van der Waals surface area (Å²) in [5, 5.41) is 9.30. The molecule has 1 aromatic rings. The second-order valence-electron chi connectivity index (χ2n) is 7.73. The van der Waals surface area contributed by atoms with E-state index in [9.17, 15) is 14.4 Å². The topological polar surface area (TPSA) is 90.5 Å². The number of amides is 3. The standard InChI is InChI=1S/C19H24N4O3/c1-19(6-7-20-11-19)21-9-12-2-3-14-13(8-12)10-23(18(14)26)15-4-5-16(24)22-17(15)25/h2-3,8,15,20-21H,4-7,9-11H2,1H3,(H,22,24,25). The van der Waals surface area contributed by atoms with Crippen molar-refractivity contribution >= 4 is 17.7 Å². The summed E-state index contributed by atoms with van der Waals surface area (Å²) < 4.78 is 0. The molecular weight excluding hydrogens is 332 g/mol. The number of nitrogens with one attached hydrogen (secondary N) is 3. The number of benzene rings is 1. The third-order valence-electron chi connectivity index (χ3n) is 5.68. The number of hydrogen-bond acceptors (Lipinski definition) is 5. The van der Waals surface area contributed by atoms with E-state index in [-0.39, 0.29) is 29.7 Å². The van der Waals surface area contributed by atoms with Crippen LogP contribution in [0.25, 0.3) is 0 Å². The van der Waals surface area contributed by atoms with Crippen LogP contribution in [0.3, 0.4) is 0 Å². The first-order valence-corrected chi connectivity index (χ1v) is 9.17. The van der Waals surface area contributed by atoms with Crippen LogP contribution < -0.4 is 16.0 Å². The van der Waals surface area contributed by atoms with E-state index in [0.717, 1.165) is 37.2 Å². The maximum atomic E-state index is 12.7. The van der Waals surface area contributed by atoms with Crippen molar-refractivity contribution in [2.45, 2.75) is 50.9 Å². The minimum absolute atomic E-state index is 0.105. The van der Waals surface area contributed by atoms with Crippen LogP contribution >= 0.6 is 0 Å². The Morgan fingerprint density at radius 1 is 1.31 bits per heavy atom. The zero-order valence-corrected chi connectivity index (χ0v) is 14.9. The molecule has 3 aliphatic rings. The number of carbonyl (C=O) groups is 3. The van der Waals surface area contributed by atoms with Crippen LogP contribution in [-0.2, 0) is 22.7 Å². The fourth-order valence-corrected chi connectivity index (χ4v) is 4.02. The van der Waals surface area contributed by atoms with Gasteiger partial charge < -0.3 is 15.5 Å². The summed E-state index contributed by atoms with van der Waals surface area (Å²) >= 11 is 0. The van der Waals surface area contributed by atoms with Crippen LogP contribution in [0.5, 0.6) is 0 Å². The second-order valence-corrected chi connectivity index (χ2v) is 7.73. The molecule has 1 aromatic carbocycles. The van der Waals surface area contributed by atoms with Gasteiger partial charge in [-0.15, -0.1) is 0 Å². The van der Waals surface area contributed by atoms with Gasteiger partial charge in [-0.1, -0.05) is 12.1 Å². The van der Waals surface area contributed by atoms with Gasteiger partial charge in [0.15, 0.2) is 0 Å². The number of hydrogen-bond donors (Lipinski definition) is 3. The summed E-state index contributed by atoms with van der Waals surface area (Å²) in [6, 6.07) is 5.33. The third kappa shape index (κ3) is 3.12. The van der Waals surface area contributed by atoms with Gasteiger partial charge in [0.05, 0.1) is 0 Å². The lowest BCUT2D eigenvalue weighted by Crippen LogP contribution is -2.52. The predicted octanol–water partition coefficient (Wildman–Crippen LogP) is 0.289. The Morgan fingerprint density at radius 2 is 2.15 bits per heavy atom. The Hall–Kier alpha value is -2.25. The Morgan fingerprint density at radius 3 is 2.88 bits per heavy atom. The van der Waals surface area contributed by atoms with Gasteiger partial charge >= 0.3 is 0 Å². The average Bonchev–Trinajstić information content (AvgIpc) is 3.18. The third-order valence-corrected chi connectivity index (χ3v) is 5.68. The van der Waals surface area contributed by atoms with Gasteiger partial charge in [-0.3, -0.25) is 19.7 Å². The van der Waals surface area contributed by atoms with Crippen molar-refractivity contribution in [3.8, 4) is 0 Å². The lowest BCUT2D eigenvalue weighted by molar-refractivity contribution is -0.136. The van der Waals surface area contributed by atoms with Crippen LogP contribution in [0.4, 0.5) is 0 Å². The van der Waals surface area contributed by atoms with Gasteiger partial charge in [-0.25, -0.2) is 0 Å². The van der Waals surface area contributed by atoms with E-state index in [4.69, 9.17) is 0 Å². The van der Waals surface area contributed by atoms with Crippen molar-refractivity contribution in [1.29, 1.82) is 0 Å². The van der Waals surface area contributed by atoms with Crippen molar-refractivity contribution in [2.24, 2.45) is 0 Å². The van der Waals surface area contributed by atoms with E-state index in [1.165, 1.54) is 0 Å². The SMILES string of the molecule is CC1(NCc2ccc3c(c2)CN(C2CCC(=O)NC2=O)C3=O)CCNC1. The van der Waals surface area contributed by atoms with Gasteiger partial charge in [-0.2, -0.15) is 0 Å². The largest absolute Gasteiger partial charge is 0.322 e. The average molecular weight is 356 g/mol. The molecule has 0 aromatic heterocycles. The van der Waals surface area contributed by atoms with Crippen LogP contribution in [-0.4, -0.2) is 47.3 Å². The van der Waals surface area contributed by atoms with Crippen LogP contribution in [0.15, 0.2) is 18.2 Å². The highest BCUT2D eigenvalue weighted by molar-refractivity contribution is 6.05. The van der Waals surface area contributed by atoms with Crippen molar-refractivity contribution in [2.75, 3.05) is 13.1 Å². The number of nitrogens with zero attached hydrogens (tertiary/aromatic N) is 1. The first kappa shape index (κ1) is 17.2. The van der Waals surface area contributed by atoms with Crippen molar-refractivity contribution in [1.82, 2.24) is 20.9 Å². The van der Waals surface area contributed by atoms with Crippen molar-refractivity contribution in [3.05, 3.63) is 34.9 Å². The van der Waals surface area contributed by atoms with Crippen LogP contribution in [0.2, 0.25) is 0 Å². The lowest BCUT2D eigenvalue weighted by Gasteiger charge is -2.29. The van der Waals surface area contributed by atoms with Gasteiger partial charge in [0, 0.05) is 37.2 Å². The Bertz CT molecular complexity index is 770. The maximum absolute atomic E-state index is 12.7. The van der Waals surface area contributed by atoms with Gasteiger partial charge in [-0.05, 0) is 43.5 Å². The first-order valence-electron chi connectivity index (χ1n) is 9.17. The van der Waals surface area contributed by atoms with Crippen molar-refractivity contribution in [3.63, 3.8) is 0 Å². The van der Waals surface area contributed by atoms with E-state index < -0.39 is 6.04 Å². The summed E-state index contributed by atoms with van der Waals surface area (Å²) in [6.07, 6.45) is 1.77. The monoisotopic (exact) mass is 356 g/mol. The number of rotatable bonds is 4. The number of carbonyl (C=O) groups excluding carboxylic acids is 3. The highest BCUT2D eigenvalue weighted by Gasteiger charge is 2.39. The molecule has 7 heteroatoms. The molecule has 7 nitrogen and oxygen atoms in total. The highest BCUT2D eigenvalue weighted by Crippen LogP contribution is 2.28. The van der Waals surface area contributed by atoms with Crippen LogP contribution in [0.1, 0.15) is 47.7 Å². The molecule has 3 aliphatic heterocycles. The zero-order chi connectivity index (χ0) is 18.3. The quantitative estimate of drug-likeness (QED) is 0.675. The van der Waals surface area contributed by atoms with E-state index >= 15 is 0 Å². The minimum atomic E-state index is -0.558. The van der Waals surface area contributed by atoms with Crippen LogP contribution in [0, 0.1) is 0 Å². The van der Waals surface area contributed by atoms with Gasteiger partial charge in [0.2, 0.25) is 11.8 Å². The Labute approximate surface area is 152 Å². The summed E-state index contributed by atoms with van der Waals surface area (Å²) in [7, 11) is 0. The molecule has 2 saturated heterocycles. The maximum Gasteiger partial charge on any atom is 0.255 e. The second kappa shape index (κ2) is 6.48. The molecule has 26 heavy (non-hydrogen) atoms. The molecule has 4 rings (SSSR count). The summed E-state index contributed by atoms with van der Waals surface area (Å²) in [4.78, 5) is 37.7. The summed E-state index contributed by atoms with van der Waals surface area (Å²) in [5.74, 6) is -0.759. The van der Waals surface area contributed by atoms with E-state index in [1.807, 2.05) is 12.1 Å². The Balaban J connectivity index is 1.46. The molecular formula is C19H24N4O3. The molecule has 0 bridgehead atoms. The summed E-state index contributed by atoms with van der Waals surface area (Å²) in [5.41, 5.74) is 2.85. The predicted molar refractivity (Wildman–Crippen MR) is 95.2 cm³/mol. The number of imide groups is 1.